The van der Waals surface area contributed by atoms with Gasteiger partial charge >= 0.3 is 17.9 Å². The average Bonchev–Trinajstić information content (AvgIpc) is 3.04. The van der Waals surface area contributed by atoms with E-state index in [1.807, 2.05) is 20.8 Å². The summed E-state index contributed by atoms with van der Waals surface area (Å²) in [6, 6.07) is 17.1. The van der Waals surface area contributed by atoms with Crippen molar-refractivity contribution in [2.24, 2.45) is 5.41 Å². The molecule has 0 amide bonds. The zero-order valence-corrected chi connectivity index (χ0v) is 19.6. The molecule has 3 rings (SSSR count). The first-order valence-corrected chi connectivity index (χ1v) is 10.9. The van der Waals surface area contributed by atoms with Gasteiger partial charge in [-0.1, -0.05) is 57.2 Å². The second kappa shape index (κ2) is 9.75. The van der Waals surface area contributed by atoms with Crippen LogP contribution < -0.4 is 0 Å². The van der Waals surface area contributed by atoms with E-state index >= 15 is 0 Å². The van der Waals surface area contributed by atoms with E-state index in [9.17, 15) is 14.4 Å². The summed E-state index contributed by atoms with van der Waals surface area (Å²) in [5, 5.41) is 0. The first kappa shape index (κ1) is 24.5. The standard InChI is InChI=1S/C26H30O7/c1-17(27)33-26(5)20(16-30-23(28)18-12-8-6-9-13-18)31-21(25(2,3)4)22(26)32-24(29)19-14-10-7-11-15-19/h6-15,20-22H,16H2,1-5H3/t20?,21-,22+,26-/m1/s1. The molecule has 0 aromatic heterocycles. The first-order chi connectivity index (χ1) is 15.5. The van der Waals surface area contributed by atoms with Crippen LogP contribution in [0.2, 0.25) is 0 Å². The molecule has 1 saturated heterocycles. The molecule has 1 aliphatic heterocycles. The molecule has 2 aromatic rings. The van der Waals surface area contributed by atoms with Crippen LogP contribution in [0.4, 0.5) is 0 Å². The predicted molar refractivity (Wildman–Crippen MR) is 121 cm³/mol. The lowest BCUT2D eigenvalue weighted by Crippen LogP contribution is -2.53. The number of carbonyl (C=O) groups is 3. The van der Waals surface area contributed by atoms with Crippen LogP contribution in [0.25, 0.3) is 0 Å². The molecule has 0 radical (unpaired) electrons. The molecule has 0 N–H and O–H groups in total. The molecule has 2 aromatic carbocycles. The number of benzene rings is 2. The van der Waals surface area contributed by atoms with Gasteiger partial charge in [-0.15, -0.1) is 0 Å². The maximum Gasteiger partial charge on any atom is 0.338 e. The van der Waals surface area contributed by atoms with E-state index in [0.717, 1.165) is 0 Å². The lowest BCUT2D eigenvalue weighted by Gasteiger charge is -2.36. The summed E-state index contributed by atoms with van der Waals surface area (Å²) >= 11 is 0. The fourth-order valence-electron chi connectivity index (χ4n) is 3.91. The minimum absolute atomic E-state index is 0.177. The highest BCUT2D eigenvalue weighted by Gasteiger charge is 2.61. The Morgan fingerprint density at radius 1 is 0.909 bits per heavy atom. The first-order valence-electron chi connectivity index (χ1n) is 10.9. The minimum Gasteiger partial charge on any atom is -0.459 e. The summed E-state index contributed by atoms with van der Waals surface area (Å²) in [7, 11) is 0. The fourth-order valence-corrected chi connectivity index (χ4v) is 3.91. The third-order valence-electron chi connectivity index (χ3n) is 5.63. The number of hydrogen-bond acceptors (Lipinski definition) is 7. The van der Waals surface area contributed by atoms with Crippen molar-refractivity contribution in [3.05, 3.63) is 71.8 Å². The highest BCUT2D eigenvalue weighted by atomic mass is 16.7. The SMILES string of the molecule is CC(=O)O[C@]1(C)C(COC(=O)c2ccccc2)O[C@@H](C(C)(C)C)[C@@H]1OC(=O)c1ccccc1. The van der Waals surface area contributed by atoms with Crippen molar-refractivity contribution >= 4 is 17.9 Å². The van der Waals surface area contributed by atoms with Gasteiger partial charge in [0.25, 0.3) is 0 Å². The lowest BCUT2D eigenvalue weighted by atomic mass is 9.81. The number of rotatable bonds is 6. The summed E-state index contributed by atoms with van der Waals surface area (Å²) in [6.07, 6.45) is -2.38. The molecule has 0 aliphatic carbocycles. The Balaban J connectivity index is 1.88. The fraction of sp³-hybridized carbons (Fsp3) is 0.423. The zero-order chi connectivity index (χ0) is 24.2. The van der Waals surface area contributed by atoms with Crippen LogP contribution in [0.15, 0.2) is 60.7 Å². The zero-order valence-electron chi connectivity index (χ0n) is 19.6. The van der Waals surface area contributed by atoms with Gasteiger partial charge in [-0.25, -0.2) is 9.59 Å². The maximum absolute atomic E-state index is 12.9. The summed E-state index contributed by atoms with van der Waals surface area (Å²) in [4.78, 5) is 37.4. The Morgan fingerprint density at radius 3 is 1.91 bits per heavy atom. The van der Waals surface area contributed by atoms with Gasteiger partial charge in [0.15, 0.2) is 11.7 Å². The van der Waals surface area contributed by atoms with Crippen LogP contribution in [0, 0.1) is 5.41 Å². The molecular formula is C26H30O7. The molecule has 176 valence electrons. The van der Waals surface area contributed by atoms with Gasteiger partial charge in [0.1, 0.15) is 18.8 Å². The summed E-state index contributed by atoms with van der Waals surface area (Å²) in [5.74, 6) is -1.64. The number of carbonyl (C=O) groups excluding carboxylic acids is 3. The van der Waals surface area contributed by atoms with Crippen molar-refractivity contribution in [2.75, 3.05) is 6.61 Å². The number of hydrogen-bond donors (Lipinski definition) is 0. The van der Waals surface area contributed by atoms with Gasteiger partial charge in [-0.2, -0.15) is 0 Å². The van der Waals surface area contributed by atoms with E-state index in [4.69, 9.17) is 18.9 Å². The quantitative estimate of drug-likeness (QED) is 0.477. The molecule has 0 bridgehead atoms. The van der Waals surface area contributed by atoms with Crippen LogP contribution in [-0.4, -0.2) is 48.4 Å². The molecule has 33 heavy (non-hydrogen) atoms. The summed E-state index contributed by atoms with van der Waals surface area (Å²) < 4.78 is 23.3. The maximum atomic E-state index is 12.9. The van der Waals surface area contributed by atoms with Gasteiger partial charge < -0.3 is 18.9 Å². The van der Waals surface area contributed by atoms with Gasteiger partial charge in [0.05, 0.1) is 11.1 Å². The van der Waals surface area contributed by atoms with Crippen LogP contribution >= 0.6 is 0 Å². The Hall–Kier alpha value is -3.19. The molecule has 1 unspecified atom stereocenters. The molecule has 4 atom stereocenters. The topological polar surface area (TPSA) is 88.1 Å². The predicted octanol–water partition coefficient (Wildman–Crippen LogP) is 4.20. The van der Waals surface area contributed by atoms with Crippen LogP contribution in [0.1, 0.15) is 55.3 Å². The van der Waals surface area contributed by atoms with E-state index in [-0.39, 0.29) is 6.61 Å². The van der Waals surface area contributed by atoms with Crippen LogP contribution in [0.3, 0.4) is 0 Å². The third-order valence-corrected chi connectivity index (χ3v) is 5.63. The number of esters is 3. The van der Waals surface area contributed by atoms with Crippen molar-refractivity contribution < 1.29 is 33.3 Å². The molecule has 7 nitrogen and oxygen atoms in total. The largest absolute Gasteiger partial charge is 0.459 e. The molecule has 1 aliphatic rings. The highest BCUT2D eigenvalue weighted by molar-refractivity contribution is 5.90. The van der Waals surface area contributed by atoms with Crippen molar-refractivity contribution in [1.29, 1.82) is 0 Å². The minimum atomic E-state index is -1.37. The van der Waals surface area contributed by atoms with Crippen molar-refractivity contribution in [1.82, 2.24) is 0 Å². The van der Waals surface area contributed by atoms with Crippen LogP contribution in [0.5, 0.6) is 0 Å². The van der Waals surface area contributed by atoms with E-state index in [0.29, 0.717) is 11.1 Å². The molecule has 7 heteroatoms. The molecular weight excluding hydrogens is 424 g/mol. The Bertz CT molecular complexity index is 981. The van der Waals surface area contributed by atoms with Gasteiger partial charge in [0, 0.05) is 6.92 Å². The number of ether oxygens (including phenoxy) is 4. The molecule has 1 fully saturated rings. The van der Waals surface area contributed by atoms with Gasteiger partial charge in [-0.05, 0) is 36.6 Å². The lowest BCUT2D eigenvalue weighted by molar-refractivity contribution is -0.172. The second-order valence-corrected chi connectivity index (χ2v) is 9.35. The molecule has 0 saturated carbocycles. The monoisotopic (exact) mass is 454 g/mol. The van der Waals surface area contributed by atoms with Gasteiger partial charge in [-0.3, -0.25) is 4.79 Å². The third kappa shape index (κ3) is 5.60. The Labute approximate surface area is 194 Å². The van der Waals surface area contributed by atoms with Crippen molar-refractivity contribution in [3.8, 4) is 0 Å². The molecule has 1 heterocycles. The highest BCUT2D eigenvalue weighted by Crippen LogP contribution is 2.44. The Morgan fingerprint density at radius 2 is 1.42 bits per heavy atom. The van der Waals surface area contributed by atoms with E-state index in [1.165, 1.54) is 6.92 Å². The molecule has 0 spiro atoms. The smallest absolute Gasteiger partial charge is 0.338 e. The average molecular weight is 455 g/mol. The normalized spacial score (nSPS) is 24.7. The van der Waals surface area contributed by atoms with Gasteiger partial charge in [0.2, 0.25) is 0 Å². The van der Waals surface area contributed by atoms with E-state index in [1.54, 1.807) is 67.6 Å². The van der Waals surface area contributed by atoms with Crippen LogP contribution in [-0.2, 0) is 23.7 Å². The summed E-state index contributed by atoms with van der Waals surface area (Å²) in [6.45, 7) is 8.56. The van der Waals surface area contributed by atoms with Crippen molar-refractivity contribution in [3.63, 3.8) is 0 Å². The van der Waals surface area contributed by atoms with E-state index < -0.39 is 47.2 Å². The second-order valence-electron chi connectivity index (χ2n) is 9.35. The summed E-state index contributed by atoms with van der Waals surface area (Å²) in [5.41, 5.74) is -1.08. The van der Waals surface area contributed by atoms with Crippen molar-refractivity contribution in [2.45, 2.75) is 58.5 Å². The van der Waals surface area contributed by atoms with E-state index in [2.05, 4.69) is 0 Å². The Kier molecular flexibility index (Phi) is 7.22.